The highest BCUT2D eigenvalue weighted by Gasteiger charge is 2.38. The summed E-state index contributed by atoms with van der Waals surface area (Å²) >= 11 is 0. The van der Waals surface area contributed by atoms with Gasteiger partial charge in [0, 0.05) is 17.5 Å². The number of carbonyl (C=O) groups excluding carboxylic acids is 1. The Hall–Kier alpha value is -4.27. The summed E-state index contributed by atoms with van der Waals surface area (Å²) in [5.41, 5.74) is 3.78. The summed E-state index contributed by atoms with van der Waals surface area (Å²) in [4.78, 5) is 12.2. The number of benzene rings is 2. The van der Waals surface area contributed by atoms with Gasteiger partial charge in [-0.05, 0) is 30.0 Å². The molecule has 0 aromatic heterocycles. The lowest BCUT2D eigenvalue weighted by molar-refractivity contribution is -0.116. The Morgan fingerprint density at radius 2 is 1.75 bits per heavy atom. The van der Waals surface area contributed by atoms with E-state index < -0.39 is 24.1 Å². The molecule has 5 rings (SSSR count). The quantitative estimate of drug-likeness (QED) is 0.454. The van der Waals surface area contributed by atoms with Crippen LogP contribution in [0.2, 0.25) is 0 Å². The number of ether oxygens (including phenoxy) is 5. The van der Waals surface area contributed by atoms with Crippen molar-refractivity contribution >= 4 is 5.78 Å². The second kappa shape index (κ2) is 9.07. The summed E-state index contributed by atoms with van der Waals surface area (Å²) in [6.07, 6.45) is -2.50. The first-order valence-electron chi connectivity index (χ1n) is 11.2. The minimum Gasteiger partial charge on any atom is -0.511 e. The molecule has 10 nitrogen and oxygen atoms in total. The molecular weight excluding hydrogens is 472 g/mol. The number of rotatable bonds is 5. The molecule has 3 aliphatic rings. The summed E-state index contributed by atoms with van der Waals surface area (Å²) in [5.74, 6) is 0.195. The zero-order valence-corrected chi connectivity index (χ0v) is 19.5. The zero-order chi connectivity index (χ0) is 25.6. The maximum Gasteiger partial charge on any atom is 0.204 e. The normalized spacial score (nSPS) is 22.8. The first kappa shape index (κ1) is 23.5. The van der Waals surface area contributed by atoms with Crippen molar-refractivity contribution in [3.8, 4) is 28.7 Å². The van der Waals surface area contributed by atoms with Crippen molar-refractivity contribution in [3.63, 3.8) is 0 Å². The number of aromatic hydroxyl groups is 1. The number of aliphatic hydroxyl groups is 3. The number of aliphatic hydroxyl groups excluding tert-OH is 3. The molecule has 2 heterocycles. The lowest BCUT2D eigenvalue weighted by Gasteiger charge is -2.35. The Morgan fingerprint density at radius 1 is 1.00 bits per heavy atom. The Balaban J connectivity index is 1.54. The van der Waals surface area contributed by atoms with Gasteiger partial charge in [0.25, 0.3) is 0 Å². The number of allylic oxidation sites excluding steroid dienone is 1. The van der Waals surface area contributed by atoms with Crippen LogP contribution >= 0.6 is 0 Å². The average molecular weight is 496 g/mol. The minimum absolute atomic E-state index is 0.00761. The van der Waals surface area contributed by atoms with Crippen LogP contribution in [0.15, 0.2) is 58.9 Å². The SMILES string of the molecule is COc1cc(C2Oc3cc(C4CC(O)=C5C(=O)CC(O)=C=C5O4)cc(OC)c3OC2CO)ccc1O. The second-order valence-corrected chi connectivity index (χ2v) is 8.49. The van der Waals surface area contributed by atoms with Crippen LogP contribution in [0.1, 0.15) is 36.2 Å². The van der Waals surface area contributed by atoms with E-state index in [1.807, 2.05) is 0 Å². The van der Waals surface area contributed by atoms with E-state index >= 15 is 0 Å². The molecule has 0 radical (unpaired) electrons. The number of methoxy groups -OCH3 is 2. The molecule has 1 aliphatic carbocycles. The molecule has 188 valence electrons. The van der Waals surface area contributed by atoms with Crippen LogP contribution in [-0.2, 0) is 9.53 Å². The predicted molar refractivity (Wildman–Crippen MR) is 123 cm³/mol. The number of hydrogen-bond acceptors (Lipinski definition) is 10. The van der Waals surface area contributed by atoms with Crippen LogP contribution in [-0.4, -0.2) is 53.1 Å². The molecule has 3 unspecified atom stereocenters. The molecule has 0 saturated heterocycles. The van der Waals surface area contributed by atoms with Crippen molar-refractivity contribution in [1.29, 1.82) is 0 Å². The summed E-state index contributed by atoms with van der Waals surface area (Å²) in [6, 6.07) is 8.01. The Bertz CT molecular complexity index is 1330. The maximum atomic E-state index is 12.2. The summed E-state index contributed by atoms with van der Waals surface area (Å²) in [6.45, 7) is -0.358. The molecule has 0 spiro atoms. The van der Waals surface area contributed by atoms with Gasteiger partial charge in [0.2, 0.25) is 5.75 Å². The van der Waals surface area contributed by atoms with Crippen molar-refractivity contribution in [2.45, 2.75) is 31.2 Å². The number of fused-ring (bicyclic) bond motifs is 2. The van der Waals surface area contributed by atoms with Gasteiger partial charge in [-0.25, -0.2) is 0 Å². The zero-order valence-electron chi connectivity index (χ0n) is 19.5. The number of ketones is 1. The molecule has 0 amide bonds. The summed E-state index contributed by atoms with van der Waals surface area (Å²) in [5, 5.41) is 40.3. The smallest absolute Gasteiger partial charge is 0.204 e. The van der Waals surface area contributed by atoms with Gasteiger partial charge in [-0.3, -0.25) is 4.79 Å². The number of carbonyl (C=O) groups is 1. The van der Waals surface area contributed by atoms with E-state index in [1.165, 1.54) is 20.3 Å². The van der Waals surface area contributed by atoms with Gasteiger partial charge in [0.15, 0.2) is 46.7 Å². The van der Waals surface area contributed by atoms with E-state index in [0.717, 1.165) is 0 Å². The van der Waals surface area contributed by atoms with Crippen LogP contribution in [0.3, 0.4) is 0 Å². The van der Waals surface area contributed by atoms with E-state index in [0.29, 0.717) is 22.6 Å². The molecular formula is C26H24O10. The fraction of sp³-hybridized carbons (Fsp3) is 0.308. The maximum absolute atomic E-state index is 12.2. The van der Waals surface area contributed by atoms with E-state index in [4.69, 9.17) is 23.7 Å². The number of phenols is 1. The Morgan fingerprint density at radius 3 is 2.47 bits per heavy atom. The van der Waals surface area contributed by atoms with Crippen LogP contribution in [0.4, 0.5) is 0 Å². The molecule has 3 atom stereocenters. The van der Waals surface area contributed by atoms with E-state index in [1.54, 1.807) is 24.3 Å². The third-order valence-electron chi connectivity index (χ3n) is 6.23. The number of phenolic OH excluding ortho intramolecular Hbond substituents is 1. The Kier molecular flexibility index (Phi) is 5.91. The lowest BCUT2D eigenvalue weighted by Crippen LogP contribution is -2.36. The fourth-order valence-electron chi connectivity index (χ4n) is 4.48. The van der Waals surface area contributed by atoms with Crippen molar-refractivity contribution < 1.29 is 48.9 Å². The highest BCUT2D eigenvalue weighted by molar-refractivity contribution is 6.01. The largest absolute Gasteiger partial charge is 0.511 e. The molecule has 4 N–H and O–H groups in total. The predicted octanol–water partition coefficient (Wildman–Crippen LogP) is 3.45. The molecule has 0 saturated carbocycles. The van der Waals surface area contributed by atoms with Crippen LogP contribution in [0.5, 0.6) is 28.7 Å². The van der Waals surface area contributed by atoms with Crippen molar-refractivity contribution in [2.24, 2.45) is 0 Å². The molecule has 2 aromatic carbocycles. The van der Waals surface area contributed by atoms with Gasteiger partial charge in [0.1, 0.15) is 23.2 Å². The van der Waals surface area contributed by atoms with Crippen LogP contribution in [0, 0.1) is 0 Å². The standard InChI is InChI=1S/C26H24O10/c1-32-19-5-12(3-4-15(19)29)25-23(11-27)36-26-21(33-2)6-13(7-22(26)35-25)18-10-17(31)24-16(30)8-14(28)9-20(24)34-18/h3-7,18,23,25,27-29,31H,8,10-11H2,1-2H3. The van der Waals surface area contributed by atoms with Gasteiger partial charge in [0.05, 0.1) is 27.2 Å². The number of hydrogen-bond donors (Lipinski definition) is 4. The summed E-state index contributed by atoms with van der Waals surface area (Å²) < 4.78 is 28.9. The number of Topliss-reactive ketones (excluding diaryl/α,β-unsaturated/α-hetero) is 1. The first-order chi connectivity index (χ1) is 17.3. The van der Waals surface area contributed by atoms with Gasteiger partial charge in [-0.2, -0.15) is 0 Å². The van der Waals surface area contributed by atoms with E-state index in [2.05, 4.69) is 5.73 Å². The highest BCUT2D eigenvalue weighted by Crippen LogP contribution is 2.49. The van der Waals surface area contributed by atoms with Crippen molar-refractivity contribution in [3.05, 3.63) is 70.0 Å². The van der Waals surface area contributed by atoms with Crippen LogP contribution in [0.25, 0.3) is 0 Å². The summed E-state index contributed by atoms with van der Waals surface area (Å²) in [7, 11) is 2.88. The third kappa shape index (κ3) is 3.96. The highest BCUT2D eigenvalue weighted by atomic mass is 16.6. The molecule has 0 bridgehead atoms. The second-order valence-electron chi connectivity index (χ2n) is 8.49. The Labute approximate surface area is 205 Å². The molecule has 0 fully saturated rings. The van der Waals surface area contributed by atoms with Crippen molar-refractivity contribution in [2.75, 3.05) is 20.8 Å². The van der Waals surface area contributed by atoms with Crippen LogP contribution < -0.4 is 18.9 Å². The average Bonchev–Trinajstić information content (AvgIpc) is 2.86. The minimum atomic E-state index is -0.779. The monoisotopic (exact) mass is 496 g/mol. The van der Waals surface area contributed by atoms with Gasteiger partial charge in [-0.1, -0.05) is 6.07 Å². The van der Waals surface area contributed by atoms with E-state index in [-0.39, 0.29) is 59.5 Å². The first-order valence-corrected chi connectivity index (χ1v) is 11.2. The molecule has 2 aliphatic heterocycles. The molecule has 2 aromatic rings. The van der Waals surface area contributed by atoms with Gasteiger partial charge in [-0.15, -0.1) is 0 Å². The van der Waals surface area contributed by atoms with Gasteiger partial charge >= 0.3 is 0 Å². The van der Waals surface area contributed by atoms with Gasteiger partial charge < -0.3 is 44.1 Å². The van der Waals surface area contributed by atoms with Crippen molar-refractivity contribution in [1.82, 2.24) is 0 Å². The lowest BCUT2D eigenvalue weighted by atomic mass is 9.93. The van der Waals surface area contributed by atoms with E-state index in [9.17, 15) is 25.2 Å². The molecule has 36 heavy (non-hydrogen) atoms. The fourth-order valence-corrected chi connectivity index (χ4v) is 4.48. The molecule has 10 heteroatoms. The topological polar surface area (TPSA) is 144 Å². The third-order valence-corrected chi connectivity index (χ3v) is 6.23.